The second-order valence-electron chi connectivity index (χ2n) is 4.90. The van der Waals surface area contributed by atoms with Crippen LogP contribution in [0.1, 0.15) is 20.8 Å². The van der Waals surface area contributed by atoms with Gasteiger partial charge in [0.05, 0.1) is 19.8 Å². The summed E-state index contributed by atoms with van der Waals surface area (Å²) in [5, 5.41) is 4.12. The fraction of sp³-hybridized carbons (Fsp3) is 0.818. The molecule has 1 aliphatic rings. The Hall–Kier alpha value is -0.940. The van der Waals surface area contributed by atoms with Crippen LogP contribution in [-0.4, -0.2) is 40.2 Å². The highest BCUT2D eigenvalue weighted by Crippen LogP contribution is 2.45. The molecule has 0 radical (unpaired) electrons. The Labute approximate surface area is 95.8 Å². The second kappa shape index (κ2) is 4.14. The molecule has 1 aliphatic heterocycles. The molecule has 1 aromatic heterocycles. The Balaban J connectivity index is 2.01. The summed E-state index contributed by atoms with van der Waals surface area (Å²) < 4.78 is 13.0. The van der Waals surface area contributed by atoms with Gasteiger partial charge in [0.1, 0.15) is 18.3 Å². The normalized spacial score (nSPS) is 24.7. The highest BCUT2D eigenvalue weighted by Gasteiger charge is 2.57. The molecule has 16 heavy (non-hydrogen) atoms. The largest absolute Gasteiger partial charge is 0.381 e. The molecular weight excluding hydrogens is 206 g/mol. The zero-order chi connectivity index (χ0) is 11.6. The lowest BCUT2D eigenvalue weighted by Crippen LogP contribution is -2.40. The molecule has 1 saturated heterocycles. The molecule has 90 valence electrons. The van der Waals surface area contributed by atoms with Crippen molar-refractivity contribution in [2.45, 2.75) is 32.9 Å². The predicted octanol–water partition coefficient (Wildman–Crippen LogP) is 1.11. The Morgan fingerprint density at radius 1 is 1.56 bits per heavy atom. The van der Waals surface area contributed by atoms with Gasteiger partial charge < -0.3 is 9.47 Å². The first-order valence-electron chi connectivity index (χ1n) is 5.64. The highest BCUT2D eigenvalue weighted by molar-refractivity contribution is 5.03. The summed E-state index contributed by atoms with van der Waals surface area (Å²) in [5.74, 6) is 0. The van der Waals surface area contributed by atoms with E-state index in [0.717, 1.165) is 19.8 Å². The molecule has 2 heterocycles. The van der Waals surface area contributed by atoms with Crippen LogP contribution in [-0.2, 0) is 16.0 Å². The molecule has 0 N–H and O–H groups in total. The van der Waals surface area contributed by atoms with Crippen LogP contribution < -0.4 is 0 Å². The summed E-state index contributed by atoms with van der Waals surface area (Å²) in [6, 6.07) is 0. The van der Waals surface area contributed by atoms with E-state index in [4.69, 9.17) is 9.47 Å². The minimum absolute atomic E-state index is 0.00500. The minimum atomic E-state index is -0.143. The summed E-state index contributed by atoms with van der Waals surface area (Å²) in [6.45, 7) is 9.31. The van der Waals surface area contributed by atoms with Crippen LogP contribution in [0.2, 0.25) is 0 Å². The Bertz CT molecular complexity index is 331. The van der Waals surface area contributed by atoms with Gasteiger partial charge in [-0.25, -0.2) is 9.67 Å². The first kappa shape index (κ1) is 11.5. The van der Waals surface area contributed by atoms with E-state index in [1.165, 1.54) is 0 Å². The SMILES string of the molecule is CCOCC(C)(C)C1(Cn2cncn2)CO1. The molecular formula is C11H19N3O2. The molecule has 2 rings (SSSR count). The van der Waals surface area contributed by atoms with E-state index in [1.54, 1.807) is 12.7 Å². The number of hydrogen-bond acceptors (Lipinski definition) is 4. The van der Waals surface area contributed by atoms with E-state index in [2.05, 4.69) is 23.9 Å². The van der Waals surface area contributed by atoms with Crippen molar-refractivity contribution >= 4 is 0 Å². The first-order chi connectivity index (χ1) is 7.60. The van der Waals surface area contributed by atoms with Gasteiger partial charge >= 0.3 is 0 Å². The van der Waals surface area contributed by atoms with Crippen molar-refractivity contribution in [2.24, 2.45) is 5.41 Å². The van der Waals surface area contributed by atoms with E-state index in [0.29, 0.717) is 6.61 Å². The van der Waals surface area contributed by atoms with Gasteiger partial charge in [0.15, 0.2) is 0 Å². The Morgan fingerprint density at radius 2 is 2.31 bits per heavy atom. The van der Waals surface area contributed by atoms with Gasteiger partial charge in [0, 0.05) is 12.0 Å². The van der Waals surface area contributed by atoms with Crippen LogP contribution in [0, 0.1) is 5.41 Å². The van der Waals surface area contributed by atoms with Crippen molar-refractivity contribution in [3.63, 3.8) is 0 Å². The van der Waals surface area contributed by atoms with Gasteiger partial charge in [-0.2, -0.15) is 5.10 Å². The summed E-state index contributed by atoms with van der Waals surface area (Å²) in [7, 11) is 0. The van der Waals surface area contributed by atoms with Gasteiger partial charge in [-0.05, 0) is 6.92 Å². The summed E-state index contributed by atoms with van der Waals surface area (Å²) in [5.41, 5.74) is -0.148. The third kappa shape index (κ3) is 2.10. The van der Waals surface area contributed by atoms with Crippen molar-refractivity contribution < 1.29 is 9.47 Å². The van der Waals surface area contributed by atoms with Crippen LogP contribution in [0.5, 0.6) is 0 Å². The number of hydrogen-bond donors (Lipinski definition) is 0. The lowest BCUT2D eigenvalue weighted by atomic mass is 9.79. The monoisotopic (exact) mass is 225 g/mol. The smallest absolute Gasteiger partial charge is 0.137 e. The standard InChI is InChI=1S/C11H19N3O2/c1-4-15-6-10(2,3)11(7-16-11)5-14-9-12-8-13-14/h8-9H,4-7H2,1-3H3. The van der Waals surface area contributed by atoms with Crippen LogP contribution in [0.3, 0.4) is 0 Å². The molecule has 0 saturated carbocycles. The van der Waals surface area contributed by atoms with Crippen LogP contribution >= 0.6 is 0 Å². The third-order valence-corrected chi connectivity index (χ3v) is 3.28. The van der Waals surface area contributed by atoms with E-state index in [9.17, 15) is 0 Å². The summed E-state index contributed by atoms with van der Waals surface area (Å²) >= 11 is 0. The van der Waals surface area contributed by atoms with Crippen molar-refractivity contribution in [2.75, 3.05) is 19.8 Å². The highest BCUT2D eigenvalue weighted by atomic mass is 16.6. The minimum Gasteiger partial charge on any atom is -0.381 e. The van der Waals surface area contributed by atoms with Crippen molar-refractivity contribution in [3.05, 3.63) is 12.7 Å². The molecule has 0 bridgehead atoms. The number of epoxide rings is 1. The molecule has 0 aromatic carbocycles. The fourth-order valence-electron chi connectivity index (χ4n) is 1.85. The van der Waals surface area contributed by atoms with E-state index in [1.807, 2.05) is 11.6 Å². The topological polar surface area (TPSA) is 52.5 Å². The van der Waals surface area contributed by atoms with Gasteiger partial charge in [-0.3, -0.25) is 0 Å². The fourth-order valence-corrected chi connectivity index (χ4v) is 1.85. The number of ether oxygens (including phenoxy) is 2. The van der Waals surface area contributed by atoms with Crippen molar-refractivity contribution in [1.82, 2.24) is 14.8 Å². The molecule has 1 fully saturated rings. The maximum atomic E-state index is 5.66. The molecule has 5 heteroatoms. The number of aromatic nitrogens is 3. The van der Waals surface area contributed by atoms with Crippen molar-refractivity contribution in [1.29, 1.82) is 0 Å². The van der Waals surface area contributed by atoms with Gasteiger partial charge in [-0.1, -0.05) is 13.8 Å². The molecule has 0 amide bonds. The van der Waals surface area contributed by atoms with Crippen LogP contribution in [0.15, 0.2) is 12.7 Å². The number of rotatable bonds is 6. The van der Waals surface area contributed by atoms with Gasteiger partial charge in [0.25, 0.3) is 0 Å². The second-order valence-corrected chi connectivity index (χ2v) is 4.90. The molecule has 5 nitrogen and oxygen atoms in total. The lowest BCUT2D eigenvalue weighted by molar-refractivity contribution is 0.00915. The Morgan fingerprint density at radius 3 is 2.81 bits per heavy atom. The molecule has 0 aliphatic carbocycles. The molecule has 1 unspecified atom stereocenters. The molecule has 1 atom stereocenters. The van der Waals surface area contributed by atoms with Gasteiger partial charge in [0.2, 0.25) is 0 Å². The zero-order valence-corrected chi connectivity index (χ0v) is 10.1. The lowest BCUT2D eigenvalue weighted by Gasteiger charge is -2.31. The summed E-state index contributed by atoms with van der Waals surface area (Å²) in [6.07, 6.45) is 3.27. The van der Waals surface area contributed by atoms with E-state index < -0.39 is 0 Å². The van der Waals surface area contributed by atoms with Crippen LogP contribution in [0.4, 0.5) is 0 Å². The maximum absolute atomic E-state index is 5.66. The molecule has 0 spiro atoms. The summed E-state index contributed by atoms with van der Waals surface area (Å²) in [4.78, 5) is 3.94. The third-order valence-electron chi connectivity index (χ3n) is 3.28. The number of nitrogens with zero attached hydrogens (tertiary/aromatic N) is 3. The predicted molar refractivity (Wildman–Crippen MR) is 59.0 cm³/mol. The van der Waals surface area contributed by atoms with Crippen LogP contribution in [0.25, 0.3) is 0 Å². The average molecular weight is 225 g/mol. The van der Waals surface area contributed by atoms with Crippen molar-refractivity contribution in [3.8, 4) is 0 Å². The van der Waals surface area contributed by atoms with Gasteiger partial charge in [-0.15, -0.1) is 0 Å². The average Bonchev–Trinajstić information content (AvgIpc) is 2.85. The quantitative estimate of drug-likeness (QED) is 0.680. The maximum Gasteiger partial charge on any atom is 0.137 e. The zero-order valence-electron chi connectivity index (χ0n) is 10.1. The Kier molecular flexibility index (Phi) is 2.99. The molecule has 1 aromatic rings. The van der Waals surface area contributed by atoms with E-state index >= 15 is 0 Å². The van der Waals surface area contributed by atoms with E-state index in [-0.39, 0.29) is 11.0 Å². The first-order valence-corrected chi connectivity index (χ1v) is 5.64.